The van der Waals surface area contributed by atoms with Crippen molar-refractivity contribution >= 4 is 0 Å². The summed E-state index contributed by atoms with van der Waals surface area (Å²) < 4.78 is 22.7. The summed E-state index contributed by atoms with van der Waals surface area (Å²) in [6, 6.07) is 0. The Labute approximate surface area is 188 Å². The second-order valence-corrected chi connectivity index (χ2v) is 8.51. The molecule has 0 saturated carbocycles. The van der Waals surface area contributed by atoms with Gasteiger partial charge in [-0.3, -0.25) is 0 Å². The van der Waals surface area contributed by atoms with Gasteiger partial charge < -0.3 is 18.9 Å². The average Bonchev–Trinajstić information content (AvgIpc) is 2.76. The van der Waals surface area contributed by atoms with Crippen LogP contribution in [0.5, 0.6) is 0 Å². The predicted molar refractivity (Wildman–Crippen MR) is 128 cm³/mol. The third-order valence-electron chi connectivity index (χ3n) is 5.61. The van der Waals surface area contributed by atoms with E-state index >= 15 is 0 Å². The van der Waals surface area contributed by atoms with Crippen molar-refractivity contribution in [1.82, 2.24) is 0 Å². The van der Waals surface area contributed by atoms with Crippen LogP contribution < -0.4 is 0 Å². The molecule has 0 heterocycles. The first-order chi connectivity index (χ1) is 14.8. The predicted octanol–water partition coefficient (Wildman–Crippen LogP) is 7.19. The molecule has 1 atom stereocenters. The lowest BCUT2D eigenvalue weighted by molar-refractivity contribution is 0.00566. The Morgan fingerprint density at radius 1 is 0.433 bits per heavy atom. The Bertz CT molecular complexity index is 299. The Morgan fingerprint density at radius 2 is 0.867 bits per heavy atom. The van der Waals surface area contributed by atoms with Crippen LogP contribution >= 0.6 is 0 Å². The minimum Gasteiger partial charge on any atom is -0.381 e. The molecule has 182 valence electrons. The molecular weight excluding hydrogens is 376 g/mol. The van der Waals surface area contributed by atoms with E-state index in [1.165, 1.54) is 83.5 Å². The van der Waals surface area contributed by atoms with Crippen LogP contribution in [0.3, 0.4) is 0 Å². The van der Waals surface area contributed by atoms with Gasteiger partial charge in [0.25, 0.3) is 0 Å². The molecule has 30 heavy (non-hydrogen) atoms. The summed E-state index contributed by atoms with van der Waals surface area (Å²) in [5.41, 5.74) is 0. The van der Waals surface area contributed by atoms with Crippen LogP contribution in [-0.2, 0) is 18.9 Å². The lowest BCUT2D eigenvalue weighted by Gasteiger charge is -2.14. The summed E-state index contributed by atoms with van der Waals surface area (Å²) in [5.74, 6) is 0.708. The van der Waals surface area contributed by atoms with Crippen molar-refractivity contribution < 1.29 is 18.9 Å². The van der Waals surface area contributed by atoms with Crippen molar-refractivity contribution in [2.24, 2.45) is 5.92 Å². The highest BCUT2D eigenvalue weighted by Gasteiger charge is 2.05. The molecule has 0 radical (unpaired) electrons. The first-order valence-corrected chi connectivity index (χ1v) is 13.2. The second-order valence-electron chi connectivity index (χ2n) is 8.51. The molecule has 0 aliphatic rings. The van der Waals surface area contributed by atoms with Gasteiger partial charge in [-0.1, -0.05) is 85.0 Å². The molecule has 0 rings (SSSR count). The normalized spacial score (nSPS) is 12.5. The van der Waals surface area contributed by atoms with Crippen molar-refractivity contribution in [3.8, 4) is 0 Å². The summed E-state index contributed by atoms with van der Waals surface area (Å²) in [5, 5.41) is 0. The fraction of sp³-hybridized carbons (Fsp3) is 1.00. The van der Waals surface area contributed by atoms with E-state index < -0.39 is 0 Å². The number of unbranched alkanes of at least 4 members (excludes halogenated alkanes) is 9. The number of ether oxygens (including phenoxy) is 4. The zero-order valence-electron chi connectivity index (χ0n) is 20.8. The highest BCUT2D eigenvalue weighted by molar-refractivity contribution is 4.55. The van der Waals surface area contributed by atoms with Crippen LogP contribution in [0.1, 0.15) is 111 Å². The van der Waals surface area contributed by atoms with Crippen LogP contribution in [0.15, 0.2) is 0 Å². The topological polar surface area (TPSA) is 36.9 Å². The fourth-order valence-electron chi connectivity index (χ4n) is 3.44. The third kappa shape index (κ3) is 24.1. The largest absolute Gasteiger partial charge is 0.381 e. The molecule has 0 spiro atoms. The van der Waals surface area contributed by atoms with Gasteiger partial charge in [0, 0.05) is 26.4 Å². The second kappa shape index (κ2) is 26.9. The minimum atomic E-state index is 0.669. The minimum absolute atomic E-state index is 0.669. The first kappa shape index (κ1) is 29.8. The highest BCUT2D eigenvalue weighted by atomic mass is 16.5. The van der Waals surface area contributed by atoms with Crippen molar-refractivity contribution in [3.05, 3.63) is 0 Å². The third-order valence-corrected chi connectivity index (χ3v) is 5.61. The molecule has 4 nitrogen and oxygen atoms in total. The maximum Gasteiger partial charge on any atom is 0.0701 e. The Hall–Kier alpha value is -0.160. The van der Waals surface area contributed by atoms with E-state index in [1.807, 2.05) is 0 Å². The van der Waals surface area contributed by atoms with Gasteiger partial charge in [0.1, 0.15) is 0 Å². The van der Waals surface area contributed by atoms with E-state index in [1.54, 1.807) is 0 Å². The van der Waals surface area contributed by atoms with Crippen LogP contribution in [0, 0.1) is 5.92 Å². The molecule has 0 aromatic rings. The molecule has 0 saturated heterocycles. The molecule has 0 amide bonds. The Balaban J connectivity index is 3.09. The Morgan fingerprint density at radius 3 is 1.40 bits per heavy atom. The first-order valence-electron chi connectivity index (χ1n) is 13.2. The van der Waals surface area contributed by atoms with Crippen molar-refractivity contribution in [1.29, 1.82) is 0 Å². The van der Waals surface area contributed by atoms with Gasteiger partial charge in [-0.25, -0.2) is 0 Å². The van der Waals surface area contributed by atoms with Crippen LogP contribution in [0.25, 0.3) is 0 Å². The number of rotatable bonds is 26. The molecule has 0 aromatic carbocycles. The van der Waals surface area contributed by atoms with Gasteiger partial charge in [0.15, 0.2) is 0 Å². The van der Waals surface area contributed by atoms with Crippen LogP contribution in [0.2, 0.25) is 0 Å². The molecular formula is C26H54O4. The zero-order valence-corrected chi connectivity index (χ0v) is 20.8. The zero-order chi connectivity index (χ0) is 22.0. The van der Waals surface area contributed by atoms with E-state index in [-0.39, 0.29) is 0 Å². The standard InChI is InChI=1S/C26H54O4/c1-4-7-9-10-11-14-18-27-19-15-12-13-16-20-28-21-22-29-23-24-30-25-26(6-3)17-8-5-2/h26H,4-25H2,1-3H3. The fourth-order valence-corrected chi connectivity index (χ4v) is 3.44. The monoisotopic (exact) mass is 430 g/mol. The quantitative estimate of drug-likeness (QED) is 0.136. The summed E-state index contributed by atoms with van der Waals surface area (Å²) >= 11 is 0. The van der Waals surface area contributed by atoms with Crippen LogP contribution in [0.4, 0.5) is 0 Å². The molecule has 0 aliphatic carbocycles. The van der Waals surface area contributed by atoms with E-state index in [0.29, 0.717) is 32.3 Å². The van der Waals surface area contributed by atoms with E-state index in [2.05, 4.69) is 20.8 Å². The lowest BCUT2D eigenvalue weighted by atomic mass is 10.0. The molecule has 0 bridgehead atoms. The summed E-state index contributed by atoms with van der Waals surface area (Å²) in [6.45, 7) is 13.1. The van der Waals surface area contributed by atoms with Gasteiger partial charge in [0.05, 0.1) is 26.4 Å². The highest BCUT2D eigenvalue weighted by Crippen LogP contribution is 2.12. The van der Waals surface area contributed by atoms with Crippen molar-refractivity contribution in [2.45, 2.75) is 111 Å². The van der Waals surface area contributed by atoms with E-state index in [9.17, 15) is 0 Å². The van der Waals surface area contributed by atoms with Gasteiger partial charge >= 0.3 is 0 Å². The van der Waals surface area contributed by atoms with E-state index in [0.717, 1.165) is 32.8 Å². The number of hydrogen-bond acceptors (Lipinski definition) is 4. The van der Waals surface area contributed by atoms with Gasteiger partial charge in [0.2, 0.25) is 0 Å². The molecule has 1 unspecified atom stereocenters. The van der Waals surface area contributed by atoms with Crippen molar-refractivity contribution in [3.63, 3.8) is 0 Å². The smallest absolute Gasteiger partial charge is 0.0701 e. The van der Waals surface area contributed by atoms with Gasteiger partial charge in [-0.05, 0) is 31.6 Å². The summed E-state index contributed by atoms with van der Waals surface area (Å²) in [7, 11) is 0. The summed E-state index contributed by atoms with van der Waals surface area (Å²) in [6.07, 6.45) is 17.9. The van der Waals surface area contributed by atoms with Gasteiger partial charge in [-0.15, -0.1) is 0 Å². The average molecular weight is 431 g/mol. The molecule has 4 heteroatoms. The van der Waals surface area contributed by atoms with Gasteiger partial charge in [-0.2, -0.15) is 0 Å². The molecule has 0 fully saturated rings. The van der Waals surface area contributed by atoms with Crippen LogP contribution in [-0.4, -0.2) is 52.9 Å². The molecule has 0 aromatic heterocycles. The lowest BCUT2D eigenvalue weighted by Crippen LogP contribution is -2.14. The number of hydrogen-bond donors (Lipinski definition) is 0. The van der Waals surface area contributed by atoms with Crippen molar-refractivity contribution in [2.75, 3.05) is 52.9 Å². The molecule has 0 N–H and O–H groups in total. The summed E-state index contributed by atoms with van der Waals surface area (Å²) in [4.78, 5) is 0. The maximum absolute atomic E-state index is 5.74. The van der Waals surface area contributed by atoms with E-state index in [4.69, 9.17) is 18.9 Å². The SMILES string of the molecule is CCCCCCCCOCCCCCCOCCOCCOCC(CC)CCCC. The Kier molecular flexibility index (Phi) is 26.7. The maximum atomic E-state index is 5.74. The molecule has 0 aliphatic heterocycles.